The summed E-state index contributed by atoms with van der Waals surface area (Å²) in [6, 6.07) is 0. The van der Waals surface area contributed by atoms with Crippen LogP contribution >= 0.6 is 0 Å². The lowest BCUT2D eigenvalue weighted by Gasteiger charge is -2.06. The van der Waals surface area contributed by atoms with Gasteiger partial charge in [0, 0.05) is 6.61 Å². The predicted molar refractivity (Wildman–Crippen MR) is 54.6 cm³/mol. The molecule has 0 spiro atoms. The number of halogens is 1. The number of alkyl halides is 1. The molecule has 0 radical (unpaired) electrons. The van der Waals surface area contributed by atoms with E-state index in [0.717, 1.165) is 25.7 Å². The fourth-order valence-corrected chi connectivity index (χ4v) is 1.41. The first-order chi connectivity index (χ1) is 6.31. The van der Waals surface area contributed by atoms with Gasteiger partial charge in [-0.25, -0.2) is 4.39 Å². The molecule has 0 bridgehead atoms. The first-order valence-electron chi connectivity index (χ1n) is 5.56. The number of aliphatic hydroxyl groups excluding tert-OH is 1. The van der Waals surface area contributed by atoms with Crippen LogP contribution in [0.2, 0.25) is 0 Å². The molecule has 0 aromatic rings. The van der Waals surface area contributed by atoms with Crippen molar-refractivity contribution in [1.29, 1.82) is 0 Å². The van der Waals surface area contributed by atoms with E-state index in [1.54, 1.807) is 0 Å². The second kappa shape index (κ2) is 9.97. The molecule has 0 heterocycles. The summed E-state index contributed by atoms with van der Waals surface area (Å²) >= 11 is 0. The molecule has 0 aliphatic carbocycles. The van der Waals surface area contributed by atoms with E-state index in [1.165, 1.54) is 12.8 Å². The molecule has 0 amide bonds. The number of aliphatic hydroxyl groups is 1. The maximum Gasteiger partial charge on any atom is 0.100 e. The summed E-state index contributed by atoms with van der Waals surface area (Å²) in [6.07, 6.45) is 6.90. The molecule has 1 N–H and O–H groups in total. The third-order valence-corrected chi connectivity index (χ3v) is 2.30. The molecule has 0 saturated heterocycles. The summed E-state index contributed by atoms with van der Waals surface area (Å²) < 4.78 is 13.1. The Balaban J connectivity index is 3.05. The van der Waals surface area contributed by atoms with Gasteiger partial charge in [-0.05, 0) is 25.7 Å². The standard InChI is InChI=1S/C11H23FO/c1-2-3-4-5-8-11(12)9-6-7-10-13/h11,13H,2-10H2,1H3/t11-/m1/s1. The average Bonchev–Trinajstić information content (AvgIpc) is 2.13. The Bertz CT molecular complexity index is 96.1. The topological polar surface area (TPSA) is 20.2 Å². The second-order valence-electron chi connectivity index (χ2n) is 3.67. The molecule has 0 fully saturated rings. The lowest BCUT2D eigenvalue weighted by Crippen LogP contribution is -2.00. The van der Waals surface area contributed by atoms with Gasteiger partial charge in [-0.2, -0.15) is 0 Å². The van der Waals surface area contributed by atoms with Gasteiger partial charge in [-0.15, -0.1) is 0 Å². The Morgan fingerprint density at radius 2 is 1.62 bits per heavy atom. The molecule has 0 aliphatic heterocycles. The Morgan fingerprint density at radius 3 is 2.15 bits per heavy atom. The van der Waals surface area contributed by atoms with Crippen LogP contribution in [0.4, 0.5) is 4.39 Å². The van der Waals surface area contributed by atoms with Crippen molar-refractivity contribution in [3.05, 3.63) is 0 Å². The number of hydrogen-bond acceptors (Lipinski definition) is 1. The summed E-state index contributed by atoms with van der Waals surface area (Å²) in [5.74, 6) is 0. The largest absolute Gasteiger partial charge is 0.396 e. The highest BCUT2D eigenvalue weighted by Crippen LogP contribution is 2.13. The highest BCUT2D eigenvalue weighted by atomic mass is 19.1. The summed E-state index contributed by atoms with van der Waals surface area (Å²) in [7, 11) is 0. The smallest absolute Gasteiger partial charge is 0.100 e. The van der Waals surface area contributed by atoms with E-state index in [2.05, 4.69) is 6.92 Å². The monoisotopic (exact) mass is 190 g/mol. The summed E-state index contributed by atoms with van der Waals surface area (Å²) in [6.45, 7) is 2.36. The van der Waals surface area contributed by atoms with Crippen molar-refractivity contribution in [3.63, 3.8) is 0 Å². The summed E-state index contributed by atoms with van der Waals surface area (Å²) in [5, 5.41) is 8.50. The quantitative estimate of drug-likeness (QED) is 0.552. The van der Waals surface area contributed by atoms with Crippen LogP contribution in [0.15, 0.2) is 0 Å². The maximum absolute atomic E-state index is 13.1. The molecule has 0 aliphatic rings. The van der Waals surface area contributed by atoms with Crippen molar-refractivity contribution >= 4 is 0 Å². The molecule has 1 nitrogen and oxygen atoms in total. The van der Waals surface area contributed by atoms with Crippen molar-refractivity contribution in [3.8, 4) is 0 Å². The van der Waals surface area contributed by atoms with Crippen LogP contribution in [-0.4, -0.2) is 17.9 Å². The van der Waals surface area contributed by atoms with Gasteiger partial charge in [-0.1, -0.05) is 32.6 Å². The maximum atomic E-state index is 13.1. The SMILES string of the molecule is CCCCCC[C@@H](F)CCCCO. The van der Waals surface area contributed by atoms with Crippen LogP contribution in [-0.2, 0) is 0 Å². The van der Waals surface area contributed by atoms with Gasteiger partial charge in [0.2, 0.25) is 0 Å². The lowest BCUT2D eigenvalue weighted by atomic mass is 10.1. The van der Waals surface area contributed by atoms with Crippen molar-refractivity contribution in [1.82, 2.24) is 0 Å². The molecule has 0 aromatic heterocycles. The first-order valence-corrected chi connectivity index (χ1v) is 5.56. The van der Waals surface area contributed by atoms with Crippen LogP contribution in [0.1, 0.15) is 58.3 Å². The normalized spacial score (nSPS) is 13.2. The van der Waals surface area contributed by atoms with Crippen molar-refractivity contribution in [2.24, 2.45) is 0 Å². The van der Waals surface area contributed by atoms with E-state index in [9.17, 15) is 4.39 Å². The highest BCUT2D eigenvalue weighted by molar-refractivity contribution is 4.56. The zero-order valence-electron chi connectivity index (χ0n) is 8.77. The van der Waals surface area contributed by atoms with Gasteiger partial charge in [0.05, 0.1) is 0 Å². The van der Waals surface area contributed by atoms with Crippen molar-refractivity contribution in [2.45, 2.75) is 64.5 Å². The van der Waals surface area contributed by atoms with E-state index < -0.39 is 6.17 Å². The van der Waals surface area contributed by atoms with Crippen molar-refractivity contribution in [2.75, 3.05) is 6.61 Å². The molecule has 0 rings (SSSR count). The fourth-order valence-electron chi connectivity index (χ4n) is 1.41. The third-order valence-electron chi connectivity index (χ3n) is 2.30. The Labute approximate surface area is 81.3 Å². The van der Waals surface area contributed by atoms with E-state index in [0.29, 0.717) is 12.8 Å². The number of rotatable bonds is 9. The van der Waals surface area contributed by atoms with E-state index >= 15 is 0 Å². The second-order valence-corrected chi connectivity index (χ2v) is 3.67. The predicted octanol–water partition coefficient (Wildman–Crippen LogP) is 3.46. The Morgan fingerprint density at radius 1 is 1.00 bits per heavy atom. The molecule has 80 valence electrons. The zero-order valence-corrected chi connectivity index (χ0v) is 8.77. The first kappa shape index (κ1) is 12.9. The van der Waals surface area contributed by atoms with Gasteiger partial charge in [-0.3, -0.25) is 0 Å². The minimum absolute atomic E-state index is 0.197. The van der Waals surface area contributed by atoms with Crippen LogP contribution in [0.25, 0.3) is 0 Å². The highest BCUT2D eigenvalue weighted by Gasteiger charge is 2.04. The minimum Gasteiger partial charge on any atom is -0.396 e. The van der Waals surface area contributed by atoms with Gasteiger partial charge < -0.3 is 5.11 Å². The van der Waals surface area contributed by atoms with Gasteiger partial charge in [0.25, 0.3) is 0 Å². The minimum atomic E-state index is -0.636. The zero-order chi connectivity index (χ0) is 9.94. The molecule has 0 unspecified atom stereocenters. The molecular weight excluding hydrogens is 167 g/mol. The van der Waals surface area contributed by atoms with Crippen LogP contribution in [0.5, 0.6) is 0 Å². The lowest BCUT2D eigenvalue weighted by molar-refractivity contribution is 0.251. The molecule has 0 aromatic carbocycles. The van der Waals surface area contributed by atoms with Crippen molar-refractivity contribution < 1.29 is 9.50 Å². The molecule has 2 heteroatoms. The van der Waals surface area contributed by atoms with Crippen LogP contribution in [0.3, 0.4) is 0 Å². The molecule has 13 heavy (non-hydrogen) atoms. The van der Waals surface area contributed by atoms with Crippen LogP contribution < -0.4 is 0 Å². The Hall–Kier alpha value is -0.110. The number of unbranched alkanes of at least 4 members (excludes halogenated alkanes) is 4. The molecular formula is C11H23FO. The van der Waals surface area contributed by atoms with Gasteiger partial charge in [0.1, 0.15) is 6.17 Å². The van der Waals surface area contributed by atoms with E-state index in [1.807, 2.05) is 0 Å². The van der Waals surface area contributed by atoms with Crippen LogP contribution in [0, 0.1) is 0 Å². The Kier molecular flexibility index (Phi) is 9.89. The summed E-state index contributed by atoms with van der Waals surface area (Å²) in [5.41, 5.74) is 0. The van der Waals surface area contributed by atoms with Gasteiger partial charge in [0.15, 0.2) is 0 Å². The molecule has 1 atom stereocenters. The van der Waals surface area contributed by atoms with E-state index in [-0.39, 0.29) is 6.61 Å². The van der Waals surface area contributed by atoms with E-state index in [4.69, 9.17) is 5.11 Å². The average molecular weight is 190 g/mol. The van der Waals surface area contributed by atoms with Gasteiger partial charge >= 0.3 is 0 Å². The summed E-state index contributed by atoms with van der Waals surface area (Å²) in [4.78, 5) is 0. The number of hydrogen-bond donors (Lipinski definition) is 1. The fraction of sp³-hybridized carbons (Fsp3) is 1.00. The third kappa shape index (κ3) is 9.81. The molecule has 0 saturated carbocycles.